The van der Waals surface area contributed by atoms with Crippen molar-refractivity contribution in [2.75, 3.05) is 9.80 Å². The highest BCUT2D eigenvalue weighted by molar-refractivity contribution is 9.10. The molecule has 1 N–H and O–H groups in total. The second kappa shape index (κ2) is 9.24. The molecule has 5 nitrogen and oxygen atoms in total. The minimum absolute atomic E-state index is 0.0944. The highest BCUT2D eigenvalue weighted by Gasteiger charge is 2.58. The average Bonchev–Trinajstić information content (AvgIpc) is 3.01. The van der Waals surface area contributed by atoms with Gasteiger partial charge in [-0.05, 0) is 67.1 Å². The lowest BCUT2D eigenvalue weighted by Gasteiger charge is -2.37. The van der Waals surface area contributed by atoms with Crippen LogP contribution in [0.25, 0.3) is 0 Å². The highest BCUT2D eigenvalue weighted by atomic mass is 79.9. The SMILES string of the molecule is CCC1N(c2ccc(Br)cc2)C(=O)N(c2ccc(Br)cc2)C1(O)c1cccc(OC(F)(F)F)c1. The number of carbonyl (C=O) groups is 1. The molecule has 0 aromatic heterocycles. The van der Waals surface area contributed by atoms with Crippen LogP contribution >= 0.6 is 31.9 Å². The van der Waals surface area contributed by atoms with Gasteiger partial charge in [0.15, 0.2) is 5.72 Å². The number of benzene rings is 3. The summed E-state index contributed by atoms with van der Waals surface area (Å²) in [6.45, 7) is 1.80. The molecule has 4 rings (SSSR count). The quantitative estimate of drug-likeness (QED) is 0.338. The Balaban J connectivity index is 1.90. The lowest BCUT2D eigenvalue weighted by molar-refractivity contribution is -0.274. The molecule has 10 heteroatoms. The number of anilines is 2. The monoisotopic (exact) mass is 598 g/mol. The fourth-order valence-electron chi connectivity index (χ4n) is 4.22. The fourth-order valence-corrected chi connectivity index (χ4v) is 4.74. The molecule has 34 heavy (non-hydrogen) atoms. The second-order valence-corrected chi connectivity index (χ2v) is 9.50. The van der Waals surface area contributed by atoms with Gasteiger partial charge in [0.05, 0.1) is 6.04 Å². The third-order valence-corrected chi connectivity index (χ3v) is 6.64. The van der Waals surface area contributed by atoms with Gasteiger partial charge in [-0.1, -0.05) is 50.9 Å². The van der Waals surface area contributed by atoms with Gasteiger partial charge >= 0.3 is 12.4 Å². The molecule has 1 heterocycles. The van der Waals surface area contributed by atoms with E-state index in [-0.39, 0.29) is 5.56 Å². The van der Waals surface area contributed by atoms with E-state index in [1.807, 2.05) is 0 Å². The number of hydrogen-bond acceptors (Lipinski definition) is 3. The molecule has 1 saturated heterocycles. The third-order valence-electron chi connectivity index (χ3n) is 5.58. The molecule has 0 radical (unpaired) electrons. The molecule has 2 amide bonds. The van der Waals surface area contributed by atoms with Crippen molar-refractivity contribution in [1.29, 1.82) is 0 Å². The van der Waals surface area contributed by atoms with Crippen LogP contribution in [0.3, 0.4) is 0 Å². The molecule has 3 aromatic carbocycles. The Kier molecular flexibility index (Phi) is 6.67. The number of aliphatic hydroxyl groups is 1. The predicted octanol–water partition coefficient (Wildman–Crippen LogP) is 7.18. The number of hydrogen-bond donors (Lipinski definition) is 1. The van der Waals surface area contributed by atoms with E-state index < -0.39 is 29.9 Å². The summed E-state index contributed by atoms with van der Waals surface area (Å²) in [5, 5.41) is 12.2. The Morgan fingerprint density at radius 3 is 2.06 bits per heavy atom. The minimum atomic E-state index is -4.90. The van der Waals surface area contributed by atoms with E-state index in [1.54, 1.807) is 55.5 Å². The maximum atomic E-state index is 13.8. The number of ether oxygens (including phenoxy) is 1. The van der Waals surface area contributed by atoms with Crippen LogP contribution in [0, 0.1) is 0 Å². The van der Waals surface area contributed by atoms with Crippen molar-refractivity contribution >= 4 is 49.3 Å². The molecule has 0 aliphatic carbocycles. The summed E-state index contributed by atoms with van der Waals surface area (Å²) >= 11 is 6.73. The largest absolute Gasteiger partial charge is 0.573 e. The molecule has 0 saturated carbocycles. The molecule has 0 bridgehead atoms. The zero-order chi connectivity index (χ0) is 24.7. The summed E-state index contributed by atoms with van der Waals surface area (Å²) in [5.74, 6) is -0.487. The molecule has 2 unspecified atom stereocenters. The number of halogens is 5. The van der Waals surface area contributed by atoms with E-state index in [0.29, 0.717) is 17.8 Å². The summed E-state index contributed by atoms with van der Waals surface area (Å²) in [7, 11) is 0. The van der Waals surface area contributed by atoms with Gasteiger partial charge in [0.25, 0.3) is 0 Å². The normalized spacial score (nSPS) is 20.7. The Hall–Kier alpha value is -2.56. The number of urea groups is 1. The third kappa shape index (κ3) is 4.54. The average molecular weight is 600 g/mol. The Morgan fingerprint density at radius 1 is 0.971 bits per heavy atom. The smallest absolute Gasteiger partial charge is 0.406 e. The minimum Gasteiger partial charge on any atom is -0.406 e. The topological polar surface area (TPSA) is 53.0 Å². The first-order chi connectivity index (χ1) is 16.0. The summed E-state index contributed by atoms with van der Waals surface area (Å²) in [5.41, 5.74) is -0.966. The van der Waals surface area contributed by atoms with Gasteiger partial charge in [-0.2, -0.15) is 0 Å². The number of carbonyl (C=O) groups excluding carboxylic acids is 1. The molecular weight excluding hydrogens is 581 g/mol. The van der Waals surface area contributed by atoms with Gasteiger partial charge in [0.2, 0.25) is 0 Å². The maximum Gasteiger partial charge on any atom is 0.573 e. The zero-order valence-electron chi connectivity index (χ0n) is 17.8. The zero-order valence-corrected chi connectivity index (χ0v) is 20.9. The summed E-state index contributed by atoms with van der Waals surface area (Å²) in [6.07, 6.45) is -4.58. The van der Waals surface area contributed by atoms with Crippen molar-refractivity contribution in [3.05, 3.63) is 87.3 Å². The summed E-state index contributed by atoms with van der Waals surface area (Å²) < 4.78 is 44.3. The first-order valence-electron chi connectivity index (χ1n) is 10.3. The fraction of sp³-hybridized carbons (Fsp3) is 0.208. The molecule has 2 atom stereocenters. The second-order valence-electron chi connectivity index (χ2n) is 7.67. The van der Waals surface area contributed by atoms with E-state index in [2.05, 4.69) is 36.6 Å². The number of nitrogens with zero attached hydrogens (tertiary/aromatic N) is 2. The van der Waals surface area contributed by atoms with Crippen LogP contribution < -0.4 is 14.5 Å². The summed E-state index contributed by atoms with van der Waals surface area (Å²) in [6, 6.07) is 17.5. The molecule has 0 spiro atoms. The van der Waals surface area contributed by atoms with Crippen molar-refractivity contribution in [2.45, 2.75) is 31.5 Å². The lowest BCUT2D eigenvalue weighted by Crippen LogP contribution is -2.49. The van der Waals surface area contributed by atoms with Gasteiger partial charge in [-0.3, -0.25) is 9.80 Å². The molecule has 1 aliphatic rings. The first-order valence-corrected chi connectivity index (χ1v) is 11.9. The molecule has 1 aliphatic heterocycles. The van der Waals surface area contributed by atoms with Crippen LogP contribution in [0.1, 0.15) is 18.9 Å². The van der Waals surface area contributed by atoms with Crippen molar-refractivity contribution in [3.63, 3.8) is 0 Å². The molecule has 3 aromatic rings. The number of alkyl halides is 3. The van der Waals surface area contributed by atoms with Crippen LogP contribution in [-0.2, 0) is 5.72 Å². The van der Waals surface area contributed by atoms with Gasteiger partial charge in [-0.25, -0.2) is 4.79 Å². The van der Waals surface area contributed by atoms with E-state index in [9.17, 15) is 23.1 Å². The summed E-state index contributed by atoms with van der Waals surface area (Å²) in [4.78, 5) is 16.5. The molecule has 178 valence electrons. The lowest BCUT2D eigenvalue weighted by atomic mass is 9.91. The predicted molar refractivity (Wildman–Crippen MR) is 130 cm³/mol. The van der Waals surface area contributed by atoms with Gasteiger partial charge in [-0.15, -0.1) is 13.2 Å². The molecular formula is C24H19Br2F3N2O3. The van der Waals surface area contributed by atoms with E-state index in [0.717, 1.165) is 21.1 Å². The van der Waals surface area contributed by atoms with Crippen molar-refractivity contribution in [3.8, 4) is 5.75 Å². The van der Waals surface area contributed by atoms with E-state index >= 15 is 0 Å². The van der Waals surface area contributed by atoms with Crippen molar-refractivity contribution in [1.82, 2.24) is 0 Å². The number of rotatable bonds is 5. The van der Waals surface area contributed by atoms with Crippen LogP contribution in [0.5, 0.6) is 5.75 Å². The Bertz CT molecular complexity index is 1190. The van der Waals surface area contributed by atoms with E-state index in [1.165, 1.54) is 21.9 Å². The van der Waals surface area contributed by atoms with Gasteiger partial charge in [0, 0.05) is 25.9 Å². The van der Waals surface area contributed by atoms with Crippen molar-refractivity contribution in [2.24, 2.45) is 0 Å². The van der Waals surface area contributed by atoms with Crippen LogP contribution in [0.15, 0.2) is 81.7 Å². The highest BCUT2D eigenvalue weighted by Crippen LogP contribution is 2.46. The Labute approximate surface area is 211 Å². The maximum absolute atomic E-state index is 13.8. The first kappa shape index (κ1) is 24.6. The number of amides is 2. The Morgan fingerprint density at radius 2 is 1.53 bits per heavy atom. The van der Waals surface area contributed by atoms with Gasteiger partial charge < -0.3 is 9.84 Å². The molecule has 1 fully saturated rings. The van der Waals surface area contributed by atoms with Crippen LogP contribution in [-0.4, -0.2) is 23.5 Å². The van der Waals surface area contributed by atoms with E-state index in [4.69, 9.17) is 0 Å². The van der Waals surface area contributed by atoms with Crippen LogP contribution in [0.4, 0.5) is 29.3 Å². The van der Waals surface area contributed by atoms with Crippen molar-refractivity contribution < 1.29 is 27.8 Å². The van der Waals surface area contributed by atoms with Crippen LogP contribution in [0.2, 0.25) is 0 Å². The van der Waals surface area contributed by atoms with Gasteiger partial charge in [0.1, 0.15) is 5.75 Å². The standard InChI is InChI=1S/C24H19Br2F3N2O3/c1-2-21-23(33,15-4-3-5-20(14-15)34-24(27,28)29)31(19-12-8-17(26)9-13-19)22(32)30(21)18-10-6-16(25)7-11-18/h3-14,21,33H,2H2,1H3.